The minimum atomic E-state index is -0.517. The van der Waals surface area contributed by atoms with Crippen LogP contribution in [0.1, 0.15) is 16.2 Å². The minimum Gasteiger partial charge on any atom is -0.439 e. The number of primary amides is 1. The molecule has 3 aromatic rings. The summed E-state index contributed by atoms with van der Waals surface area (Å²) >= 11 is 0. The molecule has 0 aliphatic rings. The molecule has 7 nitrogen and oxygen atoms in total. The predicted octanol–water partition coefficient (Wildman–Crippen LogP) is 0.754. The van der Waals surface area contributed by atoms with Crippen molar-refractivity contribution in [3.05, 3.63) is 42.0 Å². The van der Waals surface area contributed by atoms with Crippen LogP contribution in [0.5, 0.6) is 0 Å². The monoisotopic (exact) mass is 257 g/mol. The highest BCUT2D eigenvalue weighted by atomic mass is 16.3. The van der Waals surface area contributed by atoms with Crippen molar-refractivity contribution < 1.29 is 9.21 Å². The smallest absolute Gasteiger partial charge is 0.251 e. The summed E-state index contributed by atoms with van der Waals surface area (Å²) in [5.74, 6) is -0.0312. The van der Waals surface area contributed by atoms with Crippen LogP contribution in [0.4, 0.5) is 5.69 Å². The van der Waals surface area contributed by atoms with E-state index in [1.54, 1.807) is 24.4 Å². The van der Waals surface area contributed by atoms with E-state index in [9.17, 15) is 4.79 Å². The molecule has 96 valence electrons. The summed E-state index contributed by atoms with van der Waals surface area (Å²) in [6.45, 7) is 0.321. The van der Waals surface area contributed by atoms with E-state index in [0.29, 0.717) is 29.3 Å². The Labute approximate surface area is 107 Å². The van der Waals surface area contributed by atoms with Crippen LogP contribution in [-0.2, 0) is 6.54 Å². The van der Waals surface area contributed by atoms with E-state index in [4.69, 9.17) is 15.9 Å². The molecular weight excluding hydrogens is 246 g/mol. The van der Waals surface area contributed by atoms with Gasteiger partial charge in [-0.05, 0) is 12.1 Å². The van der Waals surface area contributed by atoms with E-state index in [1.807, 2.05) is 0 Å². The molecule has 2 aromatic heterocycles. The summed E-state index contributed by atoms with van der Waals surface area (Å²) in [6, 6.07) is 5.26. The van der Waals surface area contributed by atoms with Crippen LogP contribution in [-0.4, -0.2) is 20.7 Å². The van der Waals surface area contributed by atoms with Gasteiger partial charge in [0.25, 0.3) is 5.91 Å². The summed E-state index contributed by atoms with van der Waals surface area (Å²) in [7, 11) is 0. The summed E-state index contributed by atoms with van der Waals surface area (Å²) in [6.07, 6.45) is 2.95. The van der Waals surface area contributed by atoms with Gasteiger partial charge in [0.15, 0.2) is 5.58 Å². The molecule has 0 fully saturated rings. The first kappa shape index (κ1) is 11.3. The zero-order valence-electron chi connectivity index (χ0n) is 9.91. The van der Waals surface area contributed by atoms with Gasteiger partial charge >= 0.3 is 0 Å². The molecule has 1 aromatic carbocycles. The van der Waals surface area contributed by atoms with Gasteiger partial charge in [-0.25, -0.2) is 4.98 Å². The third-order valence-corrected chi connectivity index (χ3v) is 2.67. The Morgan fingerprint density at radius 2 is 2.26 bits per heavy atom. The van der Waals surface area contributed by atoms with Crippen molar-refractivity contribution in [2.24, 2.45) is 5.73 Å². The average molecular weight is 257 g/mol. The van der Waals surface area contributed by atoms with Crippen LogP contribution in [0.25, 0.3) is 11.1 Å². The SMILES string of the molecule is NC(=O)c1cnn(Cc2nc3ccc(N)cc3o2)c1. The Morgan fingerprint density at radius 1 is 1.42 bits per heavy atom. The second kappa shape index (κ2) is 4.13. The Kier molecular flexibility index (Phi) is 2.45. The number of benzene rings is 1. The van der Waals surface area contributed by atoms with E-state index in [1.165, 1.54) is 10.9 Å². The summed E-state index contributed by atoms with van der Waals surface area (Å²) in [4.78, 5) is 15.3. The van der Waals surface area contributed by atoms with Crippen LogP contribution in [0.2, 0.25) is 0 Å². The lowest BCUT2D eigenvalue weighted by molar-refractivity contribution is 0.1000. The number of nitrogens with two attached hydrogens (primary N) is 2. The van der Waals surface area contributed by atoms with Crippen molar-refractivity contribution in [3.63, 3.8) is 0 Å². The van der Waals surface area contributed by atoms with Crippen molar-refractivity contribution in [3.8, 4) is 0 Å². The number of fused-ring (bicyclic) bond motifs is 1. The summed E-state index contributed by atoms with van der Waals surface area (Å²) in [5.41, 5.74) is 13.1. The van der Waals surface area contributed by atoms with Crippen molar-refractivity contribution >= 4 is 22.7 Å². The molecule has 0 aliphatic heterocycles. The molecule has 0 bridgehead atoms. The van der Waals surface area contributed by atoms with Gasteiger partial charge in [0.2, 0.25) is 5.89 Å². The number of hydrogen-bond donors (Lipinski definition) is 2. The molecule has 0 saturated heterocycles. The molecule has 0 atom stereocenters. The van der Waals surface area contributed by atoms with Gasteiger partial charge in [-0.1, -0.05) is 0 Å². The van der Waals surface area contributed by atoms with Crippen molar-refractivity contribution in [2.75, 3.05) is 5.73 Å². The summed E-state index contributed by atoms with van der Waals surface area (Å²) < 4.78 is 7.09. The normalized spacial score (nSPS) is 10.9. The first-order chi connectivity index (χ1) is 9.11. The minimum absolute atomic E-state index is 0.321. The first-order valence-electron chi connectivity index (χ1n) is 5.59. The highest BCUT2D eigenvalue weighted by Crippen LogP contribution is 2.18. The van der Waals surface area contributed by atoms with Gasteiger partial charge in [0, 0.05) is 18.0 Å². The quantitative estimate of drug-likeness (QED) is 0.672. The molecule has 7 heteroatoms. The average Bonchev–Trinajstić information content (AvgIpc) is 2.95. The zero-order chi connectivity index (χ0) is 13.4. The Hall–Kier alpha value is -2.83. The highest BCUT2D eigenvalue weighted by Gasteiger charge is 2.09. The first-order valence-corrected chi connectivity index (χ1v) is 5.59. The van der Waals surface area contributed by atoms with Gasteiger partial charge in [-0.2, -0.15) is 5.10 Å². The topological polar surface area (TPSA) is 113 Å². The summed E-state index contributed by atoms with van der Waals surface area (Å²) in [5, 5.41) is 4.01. The van der Waals surface area contributed by atoms with E-state index in [2.05, 4.69) is 10.1 Å². The van der Waals surface area contributed by atoms with Gasteiger partial charge in [0.05, 0.1) is 11.8 Å². The van der Waals surface area contributed by atoms with E-state index in [-0.39, 0.29) is 0 Å². The fourth-order valence-corrected chi connectivity index (χ4v) is 1.77. The molecule has 3 rings (SSSR count). The molecule has 0 saturated carbocycles. The van der Waals surface area contributed by atoms with Gasteiger partial charge in [-0.3, -0.25) is 9.48 Å². The number of carbonyl (C=O) groups excluding carboxylic acids is 1. The Bertz CT molecular complexity index is 758. The number of amides is 1. The fraction of sp³-hybridized carbons (Fsp3) is 0.0833. The molecule has 0 unspecified atom stereocenters. The highest BCUT2D eigenvalue weighted by molar-refractivity contribution is 5.92. The molecule has 4 N–H and O–H groups in total. The van der Waals surface area contributed by atoms with Gasteiger partial charge in [-0.15, -0.1) is 0 Å². The van der Waals surface area contributed by atoms with Gasteiger partial charge in [0.1, 0.15) is 12.1 Å². The number of nitrogens with zero attached hydrogens (tertiary/aromatic N) is 3. The fourth-order valence-electron chi connectivity index (χ4n) is 1.77. The number of rotatable bonds is 3. The molecule has 0 spiro atoms. The van der Waals surface area contributed by atoms with E-state index in [0.717, 1.165) is 5.52 Å². The van der Waals surface area contributed by atoms with Crippen molar-refractivity contribution in [1.82, 2.24) is 14.8 Å². The number of nitrogen functional groups attached to an aromatic ring is 1. The molecule has 0 radical (unpaired) electrons. The molecule has 1 amide bonds. The number of anilines is 1. The van der Waals surface area contributed by atoms with E-state index < -0.39 is 5.91 Å². The van der Waals surface area contributed by atoms with Crippen LogP contribution in [0, 0.1) is 0 Å². The third kappa shape index (κ3) is 2.13. The maximum absolute atomic E-state index is 11.0. The largest absolute Gasteiger partial charge is 0.439 e. The number of hydrogen-bond acceptors (Lipinski definition) is 5. The third-order valence-electron chi connectivity index (χ3n) is 2.67. The van der Waals surface area contributed by atoms with Gasteiger partial charge < -0.3 is 15.9 Å². The second-order valence-corrected chi connectivity index (χ2v) is 4.13. The molecule has 2 heterocycles. The maximum atomic E-state index is 11.0. The van der Waals surface area contributed by atoms with Crippen molar-refractivity contribution in [2.45, 2.75) is 6.54 Å². The lowest BCUT2D eigenvalue weighted by Gasteiger charge is -1.94. The van der Waals surface area contributed by atoms with Crippen LogP contribution < -0.4 is 11.5 Å². The Balaban J connectivity index is 1.89. The number of oxazole rings is 1. The maximum Gasteiger partial charge on any atom is 0.251 e. The lowest BCUT2D eigenvalue weighted by atomic mass is 10.3. The van der Waals surface area contributed by atoms with Crippen LogP contribution >= 0.6 is 0 Å². The molecule has 0 aliphatic carbocycles. The van der Waals surface area contributed by atoms with Crippen LogP contribution in [0.15, 0.2) is 35.0 Å². The lowest BCUT2D eigenvalue weighted by Crippen LogP contribution is -2.09. The number of carbonyl (C=O) groups is 1. The molecular formula is C12H11N5O2. The molecule has 19 heavy (non-hydrogen) atoms. The number of aromatic nitrogens is 3. The van der Waals surface area contributed by atoms with Crippen LogP contribution in [0.3, 0.4) is 0 Å². The predicted molar refractivity (Wildman–Crippen MR) is 68.3 cm³/mol. The van der Waals surface area contributed by atoms with Crippen molar-refractivity contribution in [1.29, 1.82) is 0 Å². The Morgan fingerprint density at radius 3 is 3.00 bits per heavy atom. The second-order valence-electron chi connectivity index (χ2n) is 4.13. The van der Waals surface area contributed by atoms with E-state index >= 15 is 0 Å². The zero-order valence-corrected chi connectivity index (χ0v) is 9.91. The standard InChI is InChI=1S/C12H11N5O2/c13-8-1-2-9-10(3-8)19-11(16-9)6-17-5-7(4-15-17)12(14)18/h1-5H,6,13H2,(H2,14,18).